The molecule has 1 atom stereocenters. The highest BCUT2D eigenvalue weighted by Crippen LogP contribution is 2.33. The van der Waals surface area contributed by atoms with Crippen LogP contribution >= 0.6 is 0 Å². The SMILES string of the molecule is O=C(NC1CCCOc2ccc(F)cc21)N1CCC(c2nnc3ccccn23)CC1. The average Bonchev–Trinajstić information content (AvgIpc) is 3.11. The summed E-state index contributed by atoms with van der Waals surface area (Å²) in [6, 6.07) is 10.0. The highest BCUT2D eigenvalue weighted by molar-refractivity contribution is 5.75. The fourth-order valence-electron chi connectivity index (χ4n) is 4.42. The molecule has 1 unspecified atom stereocenters. The van der Waals surface area contributed by atoms with Gasteiger partial charge in [-0.2, -0.15) is 0 Å². The number of fused-ring (bicyclic) bond motifs is 2. The number of nitrogens with one attached hydrogen (secondary N) is 1. The largest absolute Gasteiger partial charge is 0.493 e. The number of nitrogens with zero attached hydrogens (tertiary/aromatic N) is 4. The highest BCUT2D eigenvalue weighted by Gasteiger charge is 2.29. The first kappa shape index (κ1) is 18.8. The highest BCUT2D eigenvalue weighted by atomic mass is 19.1. The first-order valence-electron chi connectivity index (χ1n) is 10.5. The summed E-state index contributed by atoms with van der Waals surface area (Å²) in [5.74, 6) is 1.56. The summed E-state index contributed by atoms with van der Waals surface area (Å²) >= 11 is 0. The molecule has 2 aliphatic rings. The van der Waals surface area contributed by atoms with Gasteiger partial charge in [-0.15, -0.1) is 10.2 Å². The van der Waals surface area contributed by atoms with Crippen molar-refractivity contribution in [1.29, 1.82) is 0 Å². The average molecular weight is 409 g/mol. The van der Waals surface area contributed by atoms with Gasteiger partial charge in [0.1, 0.15) is 17.4 Å². The van der Waals surface area contributed by atoms with Gasteiger partial charge in [0.25, 0.3) is 0 Å². The zero-order valence-electron chi connectivity index (χ0n) is 16.6. The number of ether oxygens (including phenoxy) is 1. The summed E-state index contributed by atoms with van der Waals surface area (Å²) < 4.78 is 21.5. The van der Waals surface area contributed by atoms with Crippen molar-refractivity contribution in [3.05, 3.63) is 59.8 Å². The van der Waals surface area contributed by atoms with E-state index in [0.717, 1.165) is 37.2 Å². The van der Waals surface area contributed by atoms with Crippen molar-refractivity contribution in [2.45, 2.75) is 37.6 Å². The van der Waals surface area contributed by atoms with Crippen LogP contribution in [-0.2, 0) is 0 Å². The molecule has 0 aliphatic carbocycles. The monoisotopic (exact) mass is 409 g/mol. The number of halogens is 1. The lowest BCUT2D eigenvalue weighted by atomic mass is 9.96. The molecule has 1 fully saturated rings. The maximum absolute atomic E-state index is 13.8. The van der Waals surface area contributed by atoms with Gasteiger partial charge in [-0.3, -0.25) is 4.40 Å². The third-order valence-electron chi connectivity index (χ3n) is 6.03. The number of amides is 2. The van der Waals surface area contributed by atoms with E-state index in [2.05, 4.69) is 15.5 Å². The number of likely N-dealkylation sites (tertiary alicyclic amines) is 1. The Hall–Kier alpha value is -3.16. The number of carbonyl (C=O) groups excluding carboxylic acids is 1. The standard InChI is InChI=1S/C22H24FN5O2/c23-16-6-7-19-17(14-16)18(4-3-13-30-19)24-22(29)27-11-8-15(9-12-27)21-26-25-20-5-1-2-10-28(20)21/h1-2,5-7,10,14-15,18H,3-4,8-9,11-13H2,(H,24,29). The van der Waals surface area contributed by atoms with Crippen LogP contribution in [0.2, 0.25) is 0 Å². The van der Waals surface area contributed by atoms with Crippen LogP contribution in [0.5, 0.6) is 5.75 Å². The second-order valence-electron chi connectivity index (χ2n) is 7.92. The lowest BCUT2D eigenvalue weighted by molar-refractivity contribution is 0.176. The van der Waals surface area contributed by atoms with Crippen LogP contribution in [0.25, 0.3) is 5.65 Å². The second-order valence-corrected chi connectivity index (χ2v) is 7.92. The number of hydrogen-bond donors (Lipinski definition) is 1. The number of rotatable bonds is 2. The zero-order valence-corrected chi connectivity index (χ0v) is 16.6. The Bertz CT molecular complexity index is 1060. The van der Waals surface area contributed by atoms with Crippen LogP contribution in [0.1, 0.15) is 49.0 Å². The molecule has 1 saturated heterocycles. The molecular formula is C22H24FN5O2. The third kappa shape index (κ3) is 3.58. The van der Waals surface area contributed by atoms with Crippen LogP contribution in [0.4, 0.5) is 9.18 Å². The Balaban J connectivity index is 1.25. The predicted molar refractivity (Wildman–Crippen MR) is 109 cm³/mol. The van der Waals surface area contributed by atoms with E-state index in [9.17, 15) is 9.18 Å². The molecule has 1 N–H and O–H groups in total. The van der Waals surface area contributed by atoms with Gasteiger partial charge in [-0.05, 0) is 56.0 Å². The van der Waals surface area contributed by atoms with Gasteiger partial charge >= 0.3 is 6.03 Å². The van der Waals surface area contributed by atoms with Gasteiger partial charge in [-0.1, -0.05) is 6.07 Å². The fourth-order valence-corrected chi connectivity index (χ4v) is 4.42. The van der Waals surface area contributed by atoms with E-state index in [1.165, 1.54) is 12.1 Å². The smallest absolute Gasteiger partial charge is 0.317 e. The number of hydrogen-bond acceptors (Lipinski definition) is 4. The normalized spacial score (nSPS) is 19.8. The van der Waals surface area contributed by atoms with Gasteiger partial charge in [-0.25, -0.2) is 9.18 Å². The molecule has 0 bridgehead atoms. The summed E-state index contributed by atoms with van der Waals surface area (Å²) in [5, 5.41) is 11.7. The van der Waals surface area contributed by atoms with Crippen molar-refractivity contribution in [3.8, 4) is 5.75 Å². The number of carbonyl (C=O) groups is 1. The molecule has 0 spiro atoms. The Labute approximate surface area is 173 Å². The first-order valence-corrected chi connectivity index (χ1v) is 10.5. The van der Waals surface area contributed by atoms with Crippen LogP contribution in [0.3, 0.4) is 0 Å². The zero-order chi connectivity index (χ0) is 20.5. The predicted octanol–water partition coefficient (Wildman–Crippen LogP) is 3.67. The number of pyridine rings is 1. The minimum Gasteiger partial charge on any atom is -0.493 e. The Morgan fingerprint density at radius 2 is 2.00 bits per heavy atom. The van der Waals surface area contributed by atoms with Crippen LogP contribution in [0.15, 0.2) is 42.6 Å². The molecule has 7 nitrogen and oxygen atoms in total. The van der Waals surface area contributed by atoms with E-state index in [-0.39, 0.29) is 23.8 Å². The molecule has 30 heavy (non-hydrogen) atoms. The lowest BCUT2D eigenvalue weighted by Gasteiger charge is -2.32. The van der Waals surface area contributed by atoms with E-state index in [1.54, 1.807) is 6.07 Å². The minimum absolute atomic E-state index is 0.110. The molecule has 2 aromatic heterocycles. The molecular weight excluding hydrogens is 385 g/mol. The maximum atomic E-state index is 13.8. The lowest BCUT2D eigenvalue weighted by Crippen LogP contribution is -2.45. The molecule has 0 saturated carbocycles. The number of piperidine rings is 1. The van der Waals surface area contributed by atoms with Crippen molar-refractivity contribution in [3.63, 3.8) is 0 Å². The van der Waals surface area contributed by atoms with E-state index < -0.39 is 0 Å². The number of urea groups is 1. The van der Waals surface area contributed by atoms with E-state index in [0.29, 0.717) is 31.0 Å². The molecule has 2 amide bonds. The molecule has 3 aromatic rings. The first-order chi connectivity index (χ1) is 14.7. The number of aromatic nitrogens is 3. The minimum atomic E-state index is -0.320. The van der Waals surface area contributed by atoms with E-state index in [1.807, 2.05) is 33.7 Å². The number of benzene rings is 1. The topological polar surface area (TPSA) is 71.8 Å². The molecule has 5 rings (SSSR count). The van der Waals surface area contributed by atoms with Crippen LogP contribution in [0, 0.1) is 5.82 Å². The molecule has 2 aliphatic heterocycles. The van der Waals surface area contributed by atoms with Gasteiger partial charge in [0, 0.05) is 30.8 Å². The Morgan fingerprint density at radius 1 is 1.13 bits per heavy atom. The Morgan fingerprint density at radius 3 is 2.87 bits per heavy atom. The van der Waals surface area contributed by atoms with Crippen molar-refractivity contribution in [1.82, 2.24) is 24.8 Å². The summed E-state index contributed by atoms with van der Waals surface area (Å²) in [6.45, 7) is 1.87. The van der Waals surface area contributed by atoms with Crippen molar-refractivity contribution in [2.24, 2.45) is 0 Å². The van der Waals surface area contributed by atoms with Crippen molar-refractivity contribution >= 4 is 11.7 Å². The van der Waals surface area contributed by atoms with Gasteiger partial charge in [0.15, 0.2) is 5.65 Å². The van der Waals surface area contributed by atoms with Gasteiger partial charge in [0.2, 0.25) is 0 Å². The second kappa shape index (κ2) is 7.93. The van der Waals surface area contributed by atoms with Gasteiger partial charge < -0.3 is 15.0 Å². The Kier molecular flexibility index (Phi) is 4.98. The fraction of sp³-hybridized carbons (Fsp3) is 0.409. The van der Waals surface area contributed by atoms with Crippen LogP contribution < -0.4 is 10.1 Å². The van der Waals surface area contributed by atoms with Crippen LogP contribution in [-0.4, -0.2) is 45.2 Å². The quantitative estimate of drug-likeness (QED) is 0.701. The van der Waals surface area contributed by atoms with E-state index >= 15 is 0 Å². The summed E-state index contributed by atoms with van der Waals surface area (Å²) in [6.07, 6.45) is 5.19. The summed E-state index contributed by atoms with van der Waals surface area (Å²) in [7, 11) is 0. The molecule has 0 radical (unpaired) electrons. The van der Waals surface area contributed by atoms with E-state index in [4.69, 9.17) is 4.74 Å². The van der Waals surface area contributed by atoms with Gasteiger partial charge in [0.05, 0.1) is 12.6 Å². The summed E-state index contributed by atoms with van der Waals surface area (Å²) in [5.41, 5.74) is 1.56. The van der Waals surface area contributed by atoms with Crippen molar-refractivity contribution in [2.75, 3.05) is 19.7 Å². The third-order valence-corrected chi connectivity index (χ3v) is 6.03. The summed E-state index contributed by atoms with van der Waals surface area (Å²) in [4.78, 5) is 14.8. The molecule has 156 valence electrons. The van der Waals surface area contributed by atoms with Crippen molar-refractivity contribution < 1.29 is 13.9 Å². The molecule has 8 heteroatoms. The molecule has 4 heterocycles. The maximum Gasteiger partial charge on any atom is 0.317 e. The molecule has 1 aromatic carbocycles.